The molecular weight excluding hydrogens is 181 g/mol. The van der Waals surface area contributed by atoms with Gasteiger partial charge in [-0.1, -0.05) is 6.07 Å². The fourth-order valence-corrected chi connectivity index (χ4v) is 1.33. The summed E-state index contributed by atoms with van der Waals surface area (Å²) in [6.45, 7) is 4.50. The summed E-state index contributed by atoms with van der Waals surface area (Å²) in [6.07, 6.45) is 0. The van der Waals surface area contributed by atoms with E-state index < -0.39 is 0 Å². The van der Waals surface area contributed by atoms with Crippen molar-refractivity contribution in [2.24, 2.45) is 0 Å². The predicted molar refractivity (Wildman–Crippen MR) is 55.0 cm³/mol. The highest BCUT2D eigenvalue weighted by Gasteiger charge is 2.06. The summed E-state index contributed by atoms with van der Waals surface area (Å²) < 4.78 is 12.9. The van der Waals surface area contributed by atoms with E-state index in [-0.39, 0.29) is 11.6 Å². The van der Waals surface area contributed by atoms with Gasteiger partial charge in [0.15, 0.2) is 0 Å². The second kappa shape index (κ2) is 4.74. The van der Waals surface area contributed by atoms with Crippen LogP contribution in [0.3, 0.4) is 0 Å². The van der Waals surface area contributed by atoms with Crippen molar-refractivity contribution in [2.45, 2.75) is 13.8 Å². The number of halogens is 1. The summed E-state index contributed by atoms with van der Waals surface area (Å²) >= 11 is 0. The minimum Gasteiger partial charge on any atom is -0.364 e. The van der Waals surface area contributed by atoms with E-state index in [0.29, 0.717) is 13.1 Å². The zero-order chi connectivity index (χ0) is 10.6. The largest absolute Gasteiger partial charge is 0.364 e. The maximum atomic E-state index is 12.9. The van der Waals surface area contributed by atoms with Crippen LogP contribution in [0, 0.1) is 5.82 Å². The average Bonchev–Trinajstić information content (AvgIpc) is 2.14. The third-order valence-electron chi connectivity index (χ3n) is 1.97. The van der Waals surface area contributed by atoms with Gasteiger partial charge in [0.1, 0.15) is 11.6 Å². The number of carbonyl (C=O) groups excluding carboxylic acids is 1. The first-order valence-electron chi connectivity index (χ1n) is 4.63. The Bertz CT molecular complexity index is 325. The van der Waals surface area contributed by atoms with Crippen molar-refractivity contribution in [3.8, 4) is 0 Å². The Hall–Kier alpha value is -1.38. The van der Waals surface area contributed by atoms with Crippen LogP contribution in [0.15, 0.2) is 24.3 Å². The molecule has 1 aromatic carbocycles. The van der Waals surface area contributed by atoms with E-state index in [0.717, 1.165) is 5.69 Å². The van der Waals surface area contributed by atoms with E-state index in [4.69, 9.17) is 0 Å². The van der Waals surface area contributed by atoms with Crippen LogP contribution < -0.4 is 4.90 Å². The Labute approximate surface area is 83.3 Å². The van der Waals surface area contributed by atoms with Gasteiger partial charge < -0.3 is 4.90 Å². The van der Waals surface area contributed by atoms with Gasteiger partial charge in [0.25, 0.3) is 0 Å². The van der Waals surface area contributed by atoms with Crippen LogP contribution in [0.2, 0.25) is 0 Å². The first-order valence-corrected chi connectivity index (χ1v) is 4.63. The van der Waals surface area contributed by atoms with Crippen LogP contribution in [0.4, 0.5) is 10.1 Å². The molecule has 0 saturated carbocycles. The highest BCUT2D eigenvalue weighted by atomic mass is 19.1. The molecule has 0 unspecified atom stereocenters. The van der Waals surface area contributed by atoms with Gasteiger partial charge in [-0.2, -0.15) is 0 Å². The first-order chi connectivity index (χ1) is 6.63. The topological polar surface area (TPSA) is 20.3 Å². The normalized spacial score (nSPS) is 9.93. The molecule has 0 radical (unpaired) electrons. The molecule has 0 fully saturated rings. The van der Waals surface area contributed by atoms with E-state index in [2.05, 4.69) is 0 Å². The van der Waals surface area contributed by atoms with Crippen molar-refractivity contribution < 1.29 is 9.18 Å². The molecule has 3 heteroatoms. The highest BCUT2D eigenvalue weighted by molar-refractivity contribution is 5.80. The first kappa shape index (κ1) is 10.7. The van der Waals surface area contributed by atoms with Crippen molar-refractivity contribution >= 4 is 11.5 Å². The second-order valence-corrected chi connectivity index (χ2v) is 3.20. The van der Waals surface area contributed by atoms with Gasteiger partial charge in [-0.3, -0.25) is 4.79 Å². The molecule has 0 amide bonds. The molecule has 0 aliphatic rings. The van der Waals surface area contributed by atoms with Crippen LogP contribution >= 0.6 is 0 Å². The zero-order valence-corrected chi connectivity index (χ0v) is 8.46. The molecule has 76 valence electrons. The van der Waals surface area contributed by atoms with Crippen molar-refractivity contribution in [2.75, 3.05) is 18.0 Å². The highest BCUT2D eigenvalue weighted by Crippen LogP contribution is 2.14. The quantitative estimate of drug-likeness (QED) is 0.734. The molecule has 1 rings (SSSR count). The average molecular weight is 195 g/mol. The van der Waals surface area contributed by atoms with Crippen molar-refractivity contribution in [3.05, 3.63) is 30.1 Å². The monoisotopic (exact) mass is 195 g/mol. The Kier molecular flexibility index (Phi) is 3.63. The van der Waals surface area contributed by atoms with Gasteiger partial charge in [-0.05, 0) is 32.0 Å². The summed E-state index contributed by atoms with van der Waals surface area (Å²) in [4.78, 5) is 12.8. The molecule has 0 aromatic heterocycles. The molecule has 0 aliphatic carbocycles. The lowest BCUT2D eigenvalue weighted by atomic mass is 10.2. The van der Waals surface area contributed by atoms with Gasteiger partial charge in [-0.25, -0.2) is 4.39 Å². The number of rotatable bonds is 4. The minimum absolute atomic E-state index is 0.0797. The Morgan fingerprint density at radius 1 is 1.50 bits per heavy atom. The number of carbonyl (C=O) groups is 1. The third kappa shape index (κ3) is 2.83. The summed E-state index contributed by atoms with van der Waals surface area (Å²) in [5.74, 6) is -0.194. The van der Waals surface area contributed by atoms with Crippen LogP contribution in [0.1, 0.15) is 13.8 Å². The van der Waals surface area contributed by atoms with Gasteiger partial charge >= 0.3 is 0 Å². The van der Waals surface area contributed by atoms with Gasteiger partial charge in [0, 0.05) is 12.2 Å². The smallest absolute Gasteiger partial charge is 0.149 e. The Morgan fingerprint density at radius 3 is 2.71 bits per heavy atom. The molecule has 0 spiro atoms. The summed E-state index contributed by atoms with van der Waals surface area (Å²) in [6, 6.07) is 6.28. The van der Waals surface area contributed by atoms with E-state index in [1.807, 2.05) is 11.8 Å². The molecule has 1 aromatic rings. The zero-order valence-electron chi connectivity index (χ0n) is 8.46. The lowest BCUT2D eigenvalue weighted by Crippen LogP contribution is -2.28. The number of likely N-dealkylation sites (N-methyl/N-ethyl adjacent to an activating group) is 1. The van der Waals surface area contributed by atoms with Gasteiger partial charge in [-0.15, -0.1) is 0 Å². The number of ketones is 1. The van der Waals surface area contributed by atoms with E-state index >= 15 is 0 Å². The van der Waals surface area contributed by atoms with Crippen LogP contribution in [-0.4, -0.2) is 18.9 Å². The van der Waals surface area contributed by atoms with Gasteiger partial charge in [0.2, 0.25) is 0 Å². The molecule has 0 aliphatic heterocycles. The maximum Gasteiger partial charge on any atom is 0.149 e. The molecular formula is C11H14FNO. The number of benzene rings is 1. The van der Waals surface area contributed by atoms with Crippen LogP contribution in [0.5, 0.6) is 0 Å². The lowest BCUT2D eigenvalue weighted by Gasteiger charge is -2.21. The molecule has 0 N–H and O–H groups in total. The van der Waals surface area contributed by atoms with Crippen molar-refractivity contribution in [1.29, 1.82) is 0 Å². The third-order valence-corrected chi connectivity index (χ3v) is 1.97. The molecule has 2 nitrogen and oxygen atoms in total. The van der Waals surface area contributed by atoms with E-state index in [9.17, 15) is 9.18 Å². The minimum atomic E-state index is -0.274. The molecule has 0 atom stereocenters. The molecule has 0 heterocycles. The SMILES string of the molecule is CCN(CC(C)=O)c1cccc(F)c1. The summed E-state index contributed by atoms with van der Waals surface area (Å²) in [7, 11) is 0. The fourth-order valence-electron chi connectivity index (χ4n) is 1.33. The van der Waals surface area contributed by atoms with E-state index in [1.54, 1.807) is 12.1 Å². The maximum absolute atomic E-state index is 12.9. The number of hydrogen-bond donors (Lipinski definition) is 0. The lowest BCUT2D eigenvalue weighted by molar-refractivity contribution is -0.115. The van der Waals surface area contributed by atoms with E-state index in [1.165, 1.54) is 19.1 Å². The molecule has 0 saturated heterocycles. The van der Waals surface area contributed by atoms with Crippen molar-refractivity contribution in [3.63, 3.8) is 0 Å². The van der Waals surface area contributed by atoms with Crippen LogP contribution in [-0.2, 0) is 4.79 Å². The van der Waals surface area contributed by atoms with Crippen LogP contribution in [0.25, 0.3) is 0 Å². The summed E-state index contributed by atoms with van der Waals surface area (Å²) in [5.41, 5.74) is 0.753. The number of nitrogens with zero attached hydrogens (tertiary/aromatic N) is 1. The molecule has 0 bridgehead atoms. The molecule has 14 heavy (non-hydrogen) atoms. The van der Waals surface area contributed by atoms with Crippen molar-refractivity contribution in [1.82, 2.24) is 0 Å². The summed E-state index contributed by atoms with van der Waals surface area (Å²) in [5, 5.41) is 0. The van der Waals surface area contributed by atoms with Gasteiger partial charge in [0.05, 0.1) is 6.54 Å². The number of anilines is 1. The predicted octanol–water partition coefficient (Wildman–Crippen LogP) is 2.24. The Morgan fingerprint density at radius 2 is 2.21 bits per heavy atom. The second-order valence-electron chi connectivity index (χ2n) is 3.20. The standard InChI is InChI=1S/C11H14FNO/c1-3-13(8-9(2)14)11-6-4-5-10(12)7-11/h4-7H,3,8H2,1-2H3. The number of hydrogen-bond acceptors (Lipinski definition) is 2. The fraction of sp³-hybridized carbons (Fsp3) is 0.364. The Balaban J connectivity index is 2.83. The number of Topliss-reactive ketones (excluding diaryl/α,β-unsaturated/α-hetero) is 1.